The fourth-order valence-electron chi connectivity index (χ4n) is 0.593. The van der Waals surface area contributed by atoms with E-state index in [2.05, 4.69) is 0 Å². The standard InChI is InChI=1S/C5H14O4Si/c6-1-5(2-7,3-8)4-9-10/h6-8H,1-4H2,10H3. The molecule has 0 bridgehead atoms. The van der Waals surface area contributed by atoms with Gasteiger partial charge >= 0.3 is 0 Å². The third kappa shape index (κ3) is 2.35. The van der Waals surface area contributed by atoms with E-state index in [1.165, 1.54) is 0 Å². The van der Waals surface area contributed by atoms with Gasteiger partial charge in [0.15, 0.2) is 0 Å². The summed E-state index contributed by atoms with van der Waals surface area (Å²) in [5.41, 5.74) is -0.845. The lowest BCUT2D eigenvalue weighted by molar-refractivity contribution is -0.0241. The minimum absolute atomic E-state index is 0.225. The molecule has 0 atom stereocenters. The molecule has 0 aliphatic heterocycles. The van der Waals surface area contributed by atoms with Crippen molar-refractivity contribution in [1.82, 2.24) is 0 Å². The van der Waals surface area contributed by atoms with Crippen molar-refractivity contribution in [2.24, 2.45) is 5.41 Å². The van der Waals surface area contributed by atoms with Gasteiger partial charge in [0.1, 0.15) is 10.5 Å². The Bertz CT molecular complexity index is 75.5. The van der Waals surface area contributed by atoms with E-state index >= 15 is 0 Å². The van der Waals surface area contributed by atoms with Crippen molar-refractivity contribution in [2.75, 3.05) is 26.4 Å². The van der Waals surface area contributed by atoms with Crippen LogP contribution >= 0.6 is 0 Å². The summed E-state index contributed by atoms with van der Waals surface area (Å²) in [6.07, 6.45) is 0. The summed E-state index contributed by atoms with van der Waals surface area (Å²) in [4.78, 5) is 0. The van der Waals surface area contributed by atoms with Crippen molar-refractivity contribution in [3.05, 3.63) is 0 Å². The van der Waals surface area contributed by atoms with Crippen LogP contribution in [0.5, 0.6) is 0 Å². The zero-order valence-corrected chi connectivity index (χ0v) is 8.08. The molecule has 0 radical (unpaired) electrons. The van der Waals surface area contributed by atoms with Crippen LogP contribution in [0.1, 0.15) is 0 Å². The van der Waals surface area contributed by atoms with Gasteiger partial charge in [-0.3, -0.25) is 0 Å². The van der Waals surface area contributed by atoms with E-state index in [0.717, 1.165) is 0 Å². The van der Waals surface area contributed by atoms with Crippen LogP contribution in [-0.2, 0) is 4.43 Å². The summed E-state index contributed by atoms with van der Waals surface area (Å²) in [7, 11) is 0.550. The highest BCUT2D eigenvalue weighted by Gasteiger charge is 2.27. The second kappa shape index (κ2) is 4.81. The van der Waals surface area contributed by atoms with Crippen molar-refractivity contribution in [3.63, 3.8) is 0 Å². The summed E-state index contributed by atoms with van der Waals surface area (Å²) in [6, 6.07) is 0. The van der Waals surface area contributed by atoms with Crippen molar-refractivity contribution >= 4 is 10.5 Å². The molecule has 5 heteroatoms. The molecule has 0 aliphatic carbocycles. The van der Waals surface area contributed by atoms with Crippen LogP contribution in [0.4, 0.5) is 0 Å². The van der Waals surface area contributed by atoms with Gasteiger partial charge in [0.25, 0.3) is 0 Å². The fraction of sp³-hybridized carbons (Fsp3) is 1.00. The third-order valence-corrected chi connectivity index (χ3v) is 1.75. The average Bonchev–Trinajstić information content (AvgIpc) is 2.01. The summed E-state index contributed by atoms with van der Waals surface area (Å²) in [5, 5.41) is 26.2. The van der Waals surface area contributed by atoms with Crippen molar-refractivity contribution in [2.45, 2.75) is 0 Å². The van der Waals surface area contributed by atoms with E-state index in [9.17, 15) is 0 Å². The van der Waals surface area contributed by atoms with E-state index in [-0.39, 0.29) is 26.4 Å². The lowest BCUT2D eigenvalue weighted by Crippen LogP contribution is -2.38. The zero-order valence-electron chi connectivity index (χ0n) is 6.08. The third-order valence-electron chi connectivity index (χ3n) is 1.46. The SMILES string of the molecule is OCC(CO)(CO)CO[SiH3]. The second-order valence-corrected chi connectivity index (χ2v) is 2.98. The minimum atomic E-state index is -0.845. The predicted molar refractivity (Wildman–Crippen MR) is 39.6 cm³/mol. The molecular weight excluding hydrogens is 152 g/mol. The Labute approximate surface area is 63.0 Å². The van der Waals surface area contributed by atoms with E-state index in [1.54, 1.807) is 0 Å². The maximum atomic E-state index is 8.72. The molecule has 0 saturated carbocycles. The first kappa shape index (κ1) is 10.1. The van der Waals surface area contributed by atoms with Crippen molar-refractivity contribution in [3.8, 4) is 0 Å². The van der Waals surface area contributed by atoms with Gasteiger partial charge in [-0.15, -0.1) is 0 Å². The van der Waals surface area contributed by atoms with Crippen LogP contribution in [0.3, 0.4) is 0 Å². The quantitative estimate of drug-likeness (QED) is 0.387. The highest BCUT2D eigenvalue weighted by molar-refractivity contribution is 5.97. The Morgan fingerprint density at radius 3 is 1.60 bits per heavy atom. The molecule has 0 aromatic carbocycles. The highest BCUT2D eigenvalue weighted by atomic mass is 28.2. The number of hydrogen-bond acceptors (Lipinski definition) is 4. The molecule has 0 aromatic heterocycles. The van der Waals surface area contributed by atoms with Crippen LogP contribution in [0.2, 0.25) is 0 Å². The predicted octanol–water partition coefficient (Wildman–Crippen LogP) is -2.75. The summed E-state index contributed by atoms with van der Waals surface area (Å²) in [6.45, 7) is -0.518. The van der Waals surface area contributed by atoms with Gasteiger partial charge in [-0.25, -0.2) is 0 Å². The number of rotatable bonds is 5. The summed E-state index contributed by atoms with van der Waals surface area (Å²) in [5.74, 6) is 0. The smallest absolute Gasteiger partial charge is 0.145 e. The Hall–Kier alpha value is 0.0569. The minimum Gasteiger partial charge on any atom is -0.427 e. The van der Waals surface area contributed by atoms with Gasteiger partial charge in [-0.2, -0.15) is 0 Å². The topological polar surface area (TPSA) is 69.9 Å². The van der Waals surface area contributed by atoms with E-state index in [0.29, 0.717) is 10.5 Å². The molecule has 0 fully saturated rings. The molecule has 62 valence electrons. The lowest BCUT2D eigenvalue weighted by Gasteiger charge is -2.26. The zero-order chi connectivity index (χ0) is 8.04. The maximum Gasteiger partial charge on any atom is 0.145 e. The molecule has 4 nitrogen and oxygen atoms in total. The van der Waals surface area contributed by atoms with Crippen molar-refractivity contribution in [1.29, 1.82) is 0 Å². The van der Waals surface area contributed by atoms with Gasteiger partial charge in [0.2, 0.25) is 0 Å². The number of hydrogen-bond donors (Lipinski definition) is 3. The Kier molecular flexibility index (Phi) is 4.84. The van der Waals surface area contributed by atoms with Crippen LogP contribution < -0.4 is 0 Å². The molecule has 0 unspecified atom stereocenters. The van der Waals surface area contributed by atoms with Crippen LogP contribution in [0, 0.1) is 5.41 Å². The highest BCUT2D eigenvalue weighted by Crippen LogP contribution is 2.13. The monoisotopic (exact) mass is 166 g/mol. The molecule has 0 aromatic rings. The average molecular weight is 166 g/mol. The van der Waals surface area contributed by atoms with Crippen LogP contribution in [0.15, 0.2) is 0 Å². The molecule has 0 rings (SSSR count). The molecule has 0 spiro atoms. The molecule has 0 aliphatic rings. The first-order valence-corrected chi connectivity index (χ1v) is 3.88. The second-order valence-electron chi connectivity index (χ2n) is 2.41. The van der Waals surface area contributed by atoms with Crippen LogP contribution in [0.25, 0.3) is 0 Å². The van der Waals surface area contributed by atoms with Gasteiger partial charge in [0.05, 0.1) is 25.2 Å². The Morgan fingerprint density at radius 1 is 1.10 bits per heavy atom. The maximum absolute atomic E-state index is 8.72. The van der Waals surface area contributed by atoms with Gasteiger partial charge < -0.3 is 19.7 Å². The van der Waals surface area contributed by atoms with Crippen molar-refractivity contribution < 1.29 is 19.7 Å². The fourth-order valence-corrected chi connectivity index (χ4v) is 1.21. The largest absolute Gasteiger partial charge is 0.427 e. The molecular formula is C5H14O4Si. The normalized spacial score (nSPS) is 12.3. The first-order valence-electron chi connectivity index (χ1n) is 3.06. The Balaban J connectivity index is 3.87. The molecule has 0 amide bonds. The summed E-state index contributed by atoms with van der Waals surface area (Å²) >= 11 is 0. The molecule has 0 heterocycles. The summed E-state index contributed by atoms with van der Waals surface area (Å²) < 4.78 is 4.84. The van der Waals surface area contributed by atoms with E-state index < -0.39 is 5.41 Å². The number of aliphatic hydroxyl groups is 3. The first-order chi connectivity index (χ1) is 4.74. The molecule has 3 N–H and O–H groups in total. The van der Waals surface area contributed by atoms with E-state index in [1.807, 2.05) is 0 Å². The van der Waals surface area contributed by atoms with Crippen LogP contribution in [-0.4, -0.2) is 52.2 Å². The molecule has 10 heavy (non-hydrogen) atoms. The lowest BCUT2D eigenvalue weighted by atomic mass is 9.93. The van der Waals surface area contributed by atoms with E-state index in [4.69, 9.17) is 19.7 Å². The molecule has 0 saturated heterocycles. The van der Waals surface area contributed by atoms with Gasteiger partial charge in [-0.1, -0.05) is 0 Å². The Morgan fingerprint density at radius 2 is 1.50 bits per heavy atom. The number of aliphatic hydroxyl groups excluding tert-OH is 3. The van der Waals surface area contributed by atoms with Gasteiger partial charge in [0, 0.05) is 6.61 Å². The van der Waals surface area contributed by atoms with Gasteiger partial charge in [-0.05, 0) is 0 Å².